The molecule has 3 heterocycles. The number of carbonyl (C=O) groups is 2. The summed E-state index contributed by atoms with van der Waals surface area (Å²) in [6, 6.07) is 7.90. The van der Waals surface area contributed by atoms with Crippen LogP contribution >= 0.6 is 0 Å². The summed E-state index contributed by atoms with van der Waals surface area (Å²) in [5.41, 5.74) is 1.92. The minimum atomic E-state index is -0.272. The van der Waals surface area contributed by atoms with Crippen molar-refractivity contribution in [1.82, 2.24) is 10.2 Å². The normalized spacial score (nSPS) is 20.9. The summed E-state index contributed by atoms with van der Waals surface area (Å²) in [6.07, 6.45) is 2.89. The predicted octanol–water partition coefficient (Wildman–Crippen LogP) is 2.78. The molecule has 27 heavy (non-hydrogen) atoms. The van der Waals surface area contributed by atoms with Crippen molar-refractivity contribution in [2.75, 3.05) is 19.7 Å². The van der Waals surface area contributed by atoms with Crippen LogP contribution in [0.25, 0.3) is 11.0 Å². The fourth-order valence-corrected chi connectivity index (χ4v) is 4.04. The van der Waals surface area contributed by atoms with Crippen LogP contribution in [0.4, 0.5) is 0 Å². The molecule has 1 N–H and O–H groups in total. The van der Waals surface area contributed by atoms with E-state index in [4.69, 9.17) is 9.15 Å². The fraction of sp³-hybridized carbons (Fsp3) is 0.524. The van der Waals surface area contributed by atoms with E-state index in [1.807, 2.05) is 36.1 Å². The molecule has 2 aliphatic rings. The number of fused-ring (bicyclic) bond motifs is 1. The molecule has 6 nitrogen and oxygen atoms in total. The van der Waals surface area contributed by atoms with E-state index in [1.165, 1.54) is 0 Å². The molecule has 2 aromatic rings. The lowest BCUT2D eigenvalue weighted by Gasteiger charge is -2.32. The second-order valence-electron chi connectivity index (χ2n) is 7.47. The first-order chi connectivity index (χ1) is 13.1. The van der Waals surface area contributed by atoms with Gasteiger partial charge in [-0.3, -0.25) is 9.59 Å². The van der Waals surface area contributed by atoms with Crippen molar-refractivity contribution in [3.63, 3.8) is 0 Å². The van der Waals surface area contributed by atoms with Gasteiger partial charge in [-0.15, -0.1) is 0 Å². The van der Waals surface area contributed by atoms with Gasteiger partial charge in [-0.2, -0.15) is 0 Å². The zero-order valence-electron chi connectivity index (χ0n) is 15.7. The number of ether oxygens (including phenoxy) is 1. The zero-order chi connectivity index (χ0) is 18.8. The topological polar surface area (TPSA) is 71.8 Å². The number of aryl methyl sites for hydroxylation is 1. The van der Waals surface area contributed by atoms with Gasteiger partial charge in [0, 0.05) is 36.6 Å². The van der Waals surface area contributed by atoms with Gasteiger partial charge in [0.05, 0.1) is 6.54 Å². The summed E-state index contributed by atoms with van der Waals surface area (Å²) in [4.78, 5) is 26.8. The molecule has 0 unspecified atom stereocenters. The van der Waals surface area contributed by atoms with Crippen LogP contribution in [0.3, 0.4) is 0 Å². The van der Waals surface area contributed by atoms with Gasteiger partial charge in [-0.25, -0.2) is 0 Å². The number of furan rings is 1. The first kappa shape index (κ1) is 18.0. The second-order valence-corrected chi connectivity index (χ2v) is 7.47. The van der Waals surface area contributed by atoms with Gasteiger partial charge in [-0.1, -0.05) is 18.2 Å². The maximum Gasteiger partial charge on any atom is 0.251 e. The van der Waals surface area contributed by atoms with Crippen molar-refractivity contribution >= 4 is 22.8 Å². The van der Waals surface area contributed by atoms with Gasteiger partial charge in [0.2, 0.25) is 5.91 Å². The van der Waals surface area contributed by atoms with E-state index in [0.717, 1.165) is 35.1 Å². The molecule has 2 aliphatic heterocycles. The number of rotatable bonds is 4. The maximum atomic E-state index is 12.5. The number of likely N-dealkylation sites (tertiary alicyclic amines) is 1. The van der Waals surface area contributed by atoms with Gasteiger partial charge < -0.3 is 19.4 Å². The fourth-order valence-electron chi connectivity index (χ4n) is 4.04. The minimum Gasteiger partial charge on any atom is -0.459 e. The lowest BCUT2D eigenvalue weighted by Crippen LogP contribution is -2.46. The van der Waals surface area contributed by atoms with E-state index >= 15 is 0 Å². The van der Waals surface area contributed by atoms with E-state index in [9.17, 15) is 9.59 Å². The zero-order valence-corrected chi connectivity index (χ0v) is 15.7. The Morgan fingerprint density at radius 1 is 1.19 bits per heavy atom. The Morgan fingerprint density at radius 3 is 2.67 bits per heavy atom. The van der Waals surface area contributed by atoms with Gasteiger partial charge in [-0.05, 0) is 38.7 Å². The SMILES string of the molecule is Cc1c(CNC(=O)C2CCN(C(=O)[C@@H]3CCCO3)CC2)oc2ccccc12. The Kier molecular flexibility index (Phi) is 5.16. The molecule has 0 radical (unpaired) electrons. The number of benzene rings is 1. The predicted molar refractivity (Wildman–Crippen MR) is 101 cm³/mol. The Labute approximate surface area is 158 Å². The smallest absolute Gasteiger partial charge is 0.251 e. The van der Waals surface area contributed by atoms with Crippen LogP contribution in [-0.2, 0) is 20.9 Å². The van der Waals surface area contributed by atoms with Crippen LogP contribution in [0, 0.1) is 12.8 Å². The van der Waals surface area contributed by atoms with Crippen molar-refractivity contribution in [2.45, 2.75) is 45.3 Å². The van der Waals surface area contributed by atoms with Crippen molar-refractivity contribution in [1.29, 1.82) is 0 Å². The highest BCUT2D eigenvalue weighted by molar-refractivity contribution is 5.83. The minimum absolute atomic E-state index is 0.0408. The van der Waals surface area contributed by atoms with Gasteiger partial charge in [0.25, 0.3) is 5.91 Å². The molecule has 0 bridgehead atoms. The molecule has 2 amide bonds. The molecule has 2 fully saturated rings. The molecule has 1 aromatic carbocycles. The van der Waals surface area contributed by atoms with Crippen molar-refractivity contribution in [3.05, 3.63) is 35.6 Å². The third-order valence-corrected chi connectivity index (χ3v) is 5.75. The lowest BCUT2D eigenvalue weighted by atomic mass is 9.95. The Bertz CT molecular complexity index is 830. The van der Waals surface area contributed by atoms with E-state index in [1.54, 1.807) is 0 Å². The van der Waals surface area contributed by atoms with Gasteiger partial charge in [0.1, 0.15) is 17.4 Å². The number of amides is 2. The number of piperidine rings is 1. The maximum absolute atomic E-state index is 12.5. The van der Waals surface area contributed by atoms with E-state index in [0.29, 0.717) is 39.1 Å². The third kappa shape index (κ3) is 3.72. The number of nitrogens with one attached hydrogen (secondary N) is 1. The number of nitrogens with zero attached hydrogens (tertiary/aromatic N) is 1. The number of hydrogen-bond donors (Lipinski definition) is 1. The summed E-state index contributed by atoms with van der Waals surface area (Å²) in [5, 5.41) is 4.09. The van der Waals surface area contributed by atoms with E-state index in [-0.39, 0.29) is 23.8 Å². The monoisotopic (exact) mass is 370 g/mol. The van der Waals surface area contributed by atoms with Gasteiger partial charge in [0.15, 0.2) is 0 Å². The molecule has 0 aliphatic carbocycles. The Hall–Kier alpha value is -2.34. The van der Waals surface area contributed by atoms with Gasteiger partial charge >= 0.3 is 0 Å². The molecular formula is C21H26N2O4. The quantitative estimate of drug-likeness (QED) is 0.898. The molecule has 4 rings (SSSR count). The second kappa shape index (κ2) is 7.72. The molecular weight excluding hydrogens is 344 g/mol. The molecule has 0 saturated carbocycles. The highest BCUT2D eigenvalue weighted by Crippen LogP contribution is 2.25. The summed E-state index contributed by atoms with van der Waals surface area (Å²) in [6.45, 7) is 4.34. The number of para-hydroxylation sites is 1. The van der Waals surface area contributed by atoms with Crippen LogP contribution < -0.4 is 5.32 Å². The van der Waals surface area contributed by atoms with E-state index < -0.39 is 0 Å². The highest BCUT2D eigenvalue weighted by Gasteiger charge is 2.32. The molecule has 144 valence electrons. The molecule has 6 heteroatoms. The van der Waals surface area contributed by atoms with E-state index in [2.05, 4.69) is 5.32 Å². The summed E-state index contributed by atoms with van der Waals surface area (Å²) in [7, 11) is 0. The number of carbonyl (C=O) groups excluding carboxylic acids is 2. The summed E-state index contributed by atoms with van der Waals surface area (Å²) in [5.74, 6) is 0.877. The Morgan fingerprint density at radius 2 is 1.96 bits per heavy atom. The standard InChI is InChI=1S/C21H26N2O4/c1-14-16-5-2-3-6-17(16)27-19(14)13-22-20(24)15-8-10-23(11-9-15)21(25)18-7-4-12-26-18/h2-3,5-6,15,18H,4,7-13H2,1H3,(H,22,24)/t18-/m0/s1. The molecule has 1 atom stereocenters. The first-order valence-electron chi connectivity index (χ1n) is 9.78. The van der Waals surface area contributed by atoms with Crippen molar-refractivity contribution < 1.29 is 18.7 Å². The third-order valence-electron chi connectivity index (χ3n) is 5.75. The molecule has 2 saturated heterocycles. The molecule has 1 aromatic heterocycles. The lowest BCUT2D eigenvalue weighted by molar-refractivity contribution is -0.143. The first-order valence-corrected chi connectivity index (χ1v) is 9.78. The van der Waals surface area contributed by atoms with Crippen molar-refractivity contribution in [2.24, 2.45) is 5.92 Å². The van der Waals surface area contributed by atoms with Crippen LogP contribution in [0.15, 0.2) is 28.7 Å². The summed E-state index contributed by atoms with van der Waals surface area (Å²) < 4.78 is 11.3. The van der Waals surface area contributed by atoms with Crippen LogP contribution in [0.1, 0.15) is 37.0 Å². The van der Waals surface area contributed by atoms with Crippen LogP contribution in [0.5, 0.6) is 0 Å². The summed E-state index contributed by atoms with van der Waals surface area (Å²) >= 11 is 0. The largest absolute Gasteiger partial charge is 0.459 e. The average Bonchev–Trinajstić information content (AvgIpc) is 3.35. The average molecular weight is 370 g/mol. The Balaban J connectivity index is 1.29. The molecule has 0 spiro atoms. The number of hydrogen-bond acceptors (Lipinski definition) is 4. The van der Waals surface area contributed by atoms with Crippen molar-refractivity contribution in [3.8, 4) is 0 Å². The van der Waals surface area contributed by atoms with Crippen LogP contribution in [-0.4, -0.2) is 42.5 Å². The van der Waals surface area contributed by atoms with Crippen LogP contribution in [0.2, 0.25) is 0 Å². The highest BCUT2D eigenvalue weighted by atomic mass is 16.5.